The Hall–Kier alpha value is -2.25. The van der Waals surface area contributed by atoms with Crippen LogP contribution in [0.3, 0.4) is 0 Å². The van der Waals surface area contributed by atoms with Crippen LogP contribution in [0.5, 0.6) is 5.75 Å². The summed E-state index contributed by atoms with van der Waals surface area (Å²) < 4.78 is 38.8. The quantitative estimate of drug-likeness (QED) is 0.840. The molecule has 140 valence electrons. The molecule has 2 aromatic rings. The molecule has 0 unspecified atom stereocenters. The lowest BCUT2D eigenvalue weighted by atomic mass is 10.1. The molecule has 1 heterocycles. The SMILES string of the molecule is COc1ccc(N2CCOCC2)cc1NS(=O)(=O)Cc1ccccc1C. The van der Waals surface area contributed by atoms with Crippen LogP contribution < -0.4 is 14.4 Å². The second-order valence-corrected chi connectivity index (χ2v) is 7.99. The summed E-state index contributed by atoms with van der Waals surface area (Å²) in [6.45, 7) is 4.80. The molecule has 0 aromatic heterocycles. The van der Waals surface area contributed by atoms with E-state index in [9.17, 15) is 8.42 Å². The van der Waals surface area contributed by atoms with E-state index in [-0.39, 0.29) is 5.75 Å². The van der Waals surface area contributed by atoms with E-state index in [0.29, 0.717) is 24.7 Å². The summed E-state index contributed by atoms with van der Waals surface area (Å²) in [6.07, 6.45) is 0. The third kappa shape index (κ3) is 4.47. The summed E-state index contributed by atoms with van der Waals surface area (Å²) >= 11 is 0. The molecule has 1 aliphatic rings. The molecule has 0 amide bonds. The minimum atomic E-state index is -3.56. The van der Waals surface area contributed by atoms with Crippen molar-refractivity contribution < 1.29 is 17.9 Å². The van der Waals surface area contributed by atoms with Gasteiger partial charge in [0.05, 0.1) is 31.8 Å². The number of morpholine rings is 1. The van der Waals surface area contributed by atoms with E-state index in [2.05, 4.69) is 9.62 Å². The Bertz CT molecular complexity index is 862. The molecule has 6 nitrogen and oxygen atoms in total. The van der Waals surface area contributed by atoms with Crippen LogP contribution in [0.25, 0.3) is 0 Å². The van der Waals surface area contributed by atoms with Crippen molar-refractivity contribution in [2.24, 2.45) is 0 Å². The Kier molecular flexibility index (Phi) is 5.68. The van der Waals surface area contributed by atoms with Crippen LogP contribution in [0.4, 0.5) is 11.4 Å². The second kappa shape index (κ2) is 7.97. The monoisotopic (exact) mass is 376 g/mol. The number of ether oxygens (including phenoxy) is 2. The summed E-state index contributed by atoms with van der Waals surface area (Å²) in [5.74, 6) is 0.417. The average molecular weight is 376 g/mol. The Morgan fingerprint density at radius 1 is 1.15 bits per heavy atom. The first-order chi connectivity index (χ1) is 12.5. The van der Waals surface area contributed by atoms with Gasteiger partial charge in [0.2, 0.25) is 10.0 Å². The molecule has 0 aliphatic carbocycles. The number of nitrogens with zero attached hydrogens (tertiary/aromatic N) is 1. The summed E-state index contributed by atoms with van der Waals surface area (Å²) in [7, 11) is -2.03. The first-order valence-corrected chi connectivity index (χ1v) is 10.2. The highest BCUT2D eigenvalue weighted by atomic mass is 32.2. The molecule has 26 heavy (non-hydrogen) atoms. The zero-order chi connectivity index (χ0) is 18.6. The van der Waals surface area contributed by atoms with Gasteiger partial charge in [0.1, 0.15) is 5.75 Å². The van der Waals surface area contributed by atoms with Gasteiger partial charge in [-0.2, -0.15) is 0 Å². The lowest BCUT2D eigenvalue weighted by Crippen LogP contribution is -2.36. The molecule has 1 fully saturated rings. The molecule has 0 radical (unpaired) electrons. The van der Waals surface area contributed by atoms with E-state index in [0.717, 1.165) is 29.9 Å². The zero-order valence-electron chi connectivity index (χ0n) is 15.1. The van der Waals surface area contributed by atoms with Gasteiger partial charge in [0.25, 0.3) is 0 Å². The van der Waals surface area contributed by atoms with Gasteiger partial charge in [-0.15, -0.1) is 0 Å². The third-order valence-electron chi connectivity index (χ3n) is 4.43. The zero-order valence-corrected chi connectivity index (χ0v) is 15.9. The molecular formula is C19H24N2O4S. The summed E-state index contributed by atoms with van der Waals surface area (Å²) in [5.41, 5.74) is 3.13. The standard InChI is InChI=1S/C19H24N2O4S/c1-15-5-3-4-6-16(15)14-26(22,23)20-18-13-17(7-8-19(18)24-2)21-9-11-25-12-10-21/h3-8,13,20H,9-12,14H2,1-2H3. The van der Waals surface area contributed by atoms with E-state index in [1.807, 2.05) is 43.3 Å². The number of benzene rings is 2. The summed E-state index contributed by atoms with van der Waals surface area (Å²) in [5, 5.41) is 0. The van der Waals surface area contributed by atoms with Crippen molar-refractivity contribution in [2.45, 2.75) is 12.7 Å². The maximum Gasteiger partial charge on any atom is 0.237 e. The lowest BCUT2D eigenvalue weighted by Gasteiger charge is -2.29. The maximum absolute atomic E-state index is 12.7. The topological polar surface area (TPSA) is 67.9 Å². The number of nitrogens with one attached hydrogen (secondary N) is 1. The van der Waals surface area contributed by atoms with Crippen molar-refractivity contribution in [2.75, 3.05) is 43.0 Å². The summed E-state index contributed by atoms with van der Waals surface area (Å²) in [6, 6.07) is 13.0. The number of methoxy groups -OCH3 is 1. The lowest BCUT2D eigenvalue weighted by molar-refractivity contribution is 0.122. The molecule has 1 N–H and O–H groups in total. The smallest absolute Gasteiger partial charge is 0.237 e. The molecule has 0 atom stereocenters. The van der Waals surface area contributed by atoms with E-state index in [1.54, 1.807) is 6.07 Å². The predicted molar refractivity (Wildman–Crippen MR) is 103 cm³/mol. The fourth-order valence-corrected chi connectivity index (χ4v) is 4.27. The third-order valence-corrected chi connectivity index (χ3v) is 5.65. The van der Waals surface area contributed by atoms with Crippen LogP contribution >= 0.6 is 0 Å². The molecule has 0 bridgehead atoms. The Labute approximate surface area is 154 Å². The first kappa shape index (κ1) is 18.5. The van der Waals surface area contributed by atoms with Gasteiger partial charge in [0.15, 0.2) is 0 Å². The second-order valence-electron chi connectivity index (χ2n) is 6.27. The number of hydrogen-bond donors (Lipinski definition) is 1. The molecule has 2 aromatic carbocycles. The molecule has 0 saturated carbocycles. The fraction of sp³-hybridized carbons (Fsp3) is 0.368. The molecule has 3 rings (SSSR count). The number of hydrogen-bond acceptors (Lipinski definition) is 5. The van der Waals surface area contributed by atoms with E-state index < -0.39 is 10.0 Å². The van der Waals surface area contributed by atoms with Crippen molar-refractivity contribution in [1.29, 1.82) is 0 Å². The van der Waals surface area contributed by atoms with Gasteiger partial charge in [-0.25, -0.2) is 8.42 Å². The van der Waals surface area contributed by atoms with Gasteiger partial charge >= 0.3 is 0 Å². The van der Waals surface area contributed by atoms with Crippen LogP contribution in [-0.4, -0.2) is 41.8 Å². The van der Waals surface area contributed by atoms with Crippen molar-refractivity contribution in [3.63, 3.8) is 0 Å². The van der Waals surface area contributed by atoms with Gasteiger partial charge in [-0.05, 0) is 36.2 Å². The molecule has 0 spiro atoms. The van der Waals surface area contributed by atoms with Gasteiger partial charge in [-0.3, -0.25) is 4.72 Å². The van der Waals surface area contributed by atoms with Gasteiger partial charge in [0, 0.05) is 18.8 Å². The highest BCUT2D eigenvalue weighted by Crippen LogP contribution is 2.31. The number of aryl methyl sites for hydroxylation is 1. The van der Waals surface area contributed by atoms with Crippen molar-refractivity contribution in [3.8, 4) is 5.75 Å². The van der Waals surface area contributed by atoms with Gasteiger partial charge < -0.3 is 14.4 Å². The van der Waals surface area contributed by atoms with Gasteiger partial charge in [-0.1, -0.05) is 24.3 Å². The largest absolute Gasteiger partial charge is 0.495 e. The molecular weight excluding hydrogens is 352 g/mol. The van der Waals surface area contributed by atoms with Crippen LogP contribution in [0.15, 0.2) is 42.5 Å². The molecule has 7 heteroatoms. The van der Waals surface area contributed by atoms with Crippen molar-refractivity contribution in [1.82, 2.24) is 0 Å². The average Bonchev–Trinajstić information content (AvgIpc) is 2.64. The fourth-order valence-electron chi connectivity index (χ4n) is 2.97. The Morgan fingerprint density at radius 2 is 1.88 bits per heavy atom. The molecule has 1 saturated heterocycles. The first-order valence-electron chi connectivity index (χ1n) is 8.54. The number of rotatable bonds is 6. The number of anilines is 2. The van der Waals surface area contributed by atoms with Crippen LogP contribution in [0, 0.1) is 6.92 Å². The Morgan fingerprint density at radius 3 is 2.58 bits per heavy atom. The summed E-state index contributed by atoms with van der Waals surface area (Å²) in [4.78, 5) is 2.17. The minimum Gasteiger partial charge on any atom is -0.495 e. The van der Waals surface area contributed by atoms with E-state index in [1.165, 1.54) is 7.11 Å². The van der Waals surface area contributed by atoms with E-state index in [4.69, 9.17) is 9.47 Å². The number of sulfonamides is 1. The van der Waals surface area contributed by atoms with Crippen molar-refractivity contribution >= 4 is 21.4 Å². The highest BCUT2D eigenvalue weighted by molar-refractivity contribution is 7.91. The predicted octanol–water partition coefficient (Wildman–Crippen LogP) is 2.78. The molecule has 1 aliphatic heterocycles. The Balaban J connectivity index is 1.83. The van der Waals surface area contributed by atoms with Crippen LogP contribution in [0.2, 0.25) is 0 Å². The normalized spacial score (nSPS) is 14.9. The maximum atomic E-state index is 12.7. The van der Waals surface area contributed by atoms with Crippen molar-refractivity contribution in [3.05, 3.63) is 53.6 Å². The highest BCUT2D eigenvalue weighted by Gasteiger charge is 2.18. The van der Waals surface area contributed by atoms with E-state index >= 15 is 0 Å². The van der Waals surface area contributed by atoms with Crippen LogP contribution in [0.1, 0.15) is 11.1 Å². The van der Waals surface area contributed by atoms with Crippen LogP contribution in [-0.2, 0) is 20.5 Å². The minimum absolute atomic E-state index is 0.0788.